The Morgan fingerprint density at radius 3 is 2.96 bits per heavy atom. The van der Waals surface area contributed by atoms with E-state index in [9.17, 15) is 9.18 Å². The molecular formula is C16H15FN4O2S. The predicted octanol–water partition coefficient (Wildman–Crippen LogP) is 3.17. The summed E-state index contributed by atoms with van der Waals surface area (Å²) in [5, 5.41) is 9.88. The highest BCUT2D eigenvalue weighted by Crippen LogP contribution is 2.21. The van der Waals surface area contributed by atoms with E-state index in [2.05, 4.69) is 20.5 Å². The Hall–Kier alpha value is -2.61. The molecule has 8 heteroatoms. The maximum Gasteiger partial charge on any atom is 0.231 e. The molecule has 1 amide bonds. The Morgan fingerprint density at radius 2 is 2.21 bits per heavy atom. The number of halogens is 1. The number of amides is 1. The number of hydrogen-bond donors (Lipinski definition) is 2. The third-order valence-corrected chi connectivity index (χ3v) is 4.12. The van der Waals surface area contributed by atoms with E-state index >= 15 is 0 Å². The molecule has 6 nitrogen and oxygen atoms in total. The van der Waals surface area contributed by atoms with Gasteiger partial charge in [0.1, 0.15) is 11.6 Å². The lowest BCUT2D eigenvalue weighted by Crippen LogP contribution is -2.27. The van der Waals surface area contributed by atoms with Crippen LogP contribution in [0.2, 0.25) is 0 Å². The van der Waals surface area contributed by atoms with Crippen molar-refractivity contribution in [3.8, 4) is 11.4 Å². The van der Waals surface area contributed by atoms with Gasteiger partial charge in [-0.3, -0.25) is 9.89 Å². The molecule has 1 aromatic carbocycles. The molecule has 0 aliphatic carbocycles. The fourth-order valence-corrected chi connectivity index (χ4v) is 2.72. The Bertz CT molecular complexity index is 819. The lowest BCUT2D eigenvalue weighted by atomic mass is 10.2. The van der Waals surface area contributed by atoms with Gasteiger partial charge in [0.15, 0.2) is 5.82 Å². The SMILES string of the molecule is C[C@H](NC(=O)CSc1n[nH]c(-c2ccccc2F)n1)c1ccco1. The van der Waals surface area contributed by atoms with Gasteiger partial charge in [-0.1, -0.05) is 23.9 Å². The van der Waals surface area contributed by atoms with Crippen LogP contribution in [0.3, 0.4) is 0 Å². The number of thioether (sulfide) groups is 1. The fourth-order valence-electron chi connectivity index (χ4n) is 2.11. The number of aromatic nitrogens is 3. The molecule has 2 aromatic heterocycles. The predicted molar refractivity (Wildman–Crippen MR) is 87.8 cm³/mol. The molecule has 1 atom stereocenters. The minimum absolute atomic E-state index is 0.152. The zero-order valence-electron chi connectivity index (χ0n) is 12.8. The lowest BCUT2D eigenvalue weighted by molar-refractivity contribution is -0.119. The van der Waals surface area contributed by atoms with Gasteiger partial charge in [-0.2, -0.15) is 0 Å². The van der Waals surface area contributed by atoms with Crippen LogP contribution in [0.25, 0.3) is 11.4 Å². The number of carbonyl (C=O) groups excluding carboxylic acids is 1. The summed E-state index contributed by atoms with van der Waals surface area (Å²) in [7, 11) is 0. The second kappa shape index (κ2) is 7.31. The zero-order valence-corrected chi connectivity index (χ0v) is 13.6. The van der Waals surface area contributed by atoms with Crippen LogP contribution in [-0.4, -0.2) is 26.8 Å². The summed E-state index contributed by atoms with van der Waals surface area (Å²) < 4.78 is 18.9. The summed E-state index contributed by atoms with van der Waals surface area (Å²) in [4.78, 5) is 16.2. The molecule has 3 aromatic rings. The molecule has 0 unspecified atom stereocenters. The van der Waals surface area contributed by atoms with E-state index in [-0.39, 0.29) is 23.5 Å². The van der Waals surface area contributed by atoms with E-state index < -0.39 is 0 Å². The largest absolute Gasteiger partial charge is 0.467 e. The number of benzene rings is 1. The van der Waals surface area contributed by atoms with Crippen molar-refractivity contribution in [1.82, 2.24) is 20.5 Å². The molecule has 0 radical (unpaired) electrons. The first-order valence-electron chi connectivity index (χ1n) is 7.26. The first kappa shape index (κ1) is 16.3. The van der Waals surface area contributed by atoms with Gasteiger partial charge in [0.05, 0.1) is 23.6 Å². The van der Waals surface area contributed by atoms with Gasteiger partial charge < -0.3 is 9.73 Å². The van der Waals surface area contributed by atoms with E-state index in [1.54, 1.807) is 36.6 Å². The Balaban J connectivity index is 1.56. The maximum absolute atomic E-state index is 13.7. The highest BCUT2D eigenvalue weighted by Gasteiger charge is 2.14. The molecule has 0 aliphatic rings. The zero-order chi connectivity index (χ0) is 16.9. The third-order valence-electron chi connectivity index (χ3n) is 3.27. The molecule has 124 valence electrons. The van der Waals surface area contributed by atoms with Crippen LogP contribution in [-0.2, 0) is 4.79 Å². The van der Waals surface area contributed by atoms with Gasteiger partial charge in [0, 0.05) is 0 Å². The van der Waals surface area contributed by atoms with Crippen molar-refractivity contribution >= 4 is 17.7 Å². The Morgan fingerprint density at radius 1 is 1.38 bits per heavy atom. The van der Waals surface area contributed by atoms with Crippen molar-refractivity contribution in [1.29, 1.82) is 0 Å². The van der Waals surface area contributed by atoms with Crippen LogP contribution >= 0.6 is 11.8 Å². The van der Waals surface area contributed by atoms with Gasteiger partial charge in [-0.15, -0.1) is 5.10 Å². The van der Waals surface area contributed by atoms with Crippen LogP contribution in [0.15, 0.2) is 52.2 Å². The summed E-state index contributed by atoms with van der Waals surface area (Å²) >= 11 is 1.17. The molecule has 0 spiro atoms. The third kappa shape index (κ3) is 3.83. The molecule has 0 saturated heterocycles. The molecule has 24 heavy (non-hydrogen) atoms. The number of rotatable bonds is 6. The standard InChI is InChI=1S/C16H15FN4O2S/c1-10(13-7-4-8-23-13)18-14(22)9-24-16-19-15(20-21-16)11-5-2-3-6-12(11)17/h2-8,10H,9H2,1H3,(H,18,22)(H,19,20,21)/t10-/m0/s1. The lowest BCUT2D eigenvalue weighted by Gasteiger charge is -2.10. The first-order chi connectivity index (χ1) is 11.6. The maximum atomic E-state index is 13.7. The highest BCUT2D eigenvalue weighted by atomic mass is 32.2. The molecular weight excluding hydrogens is 331 g/mol. The van der Waals surface area contributed by atoms with E-state index in [1.807, 2.05) is 6.92 Å². The molecule has 0 bridgehead atoms. The minimum Gasteiger partial charge on any atom is -0.467 e. The fraction of sp³-hybridized carbons (Fsp3) is 0.188. The highest BCUT2D eigenvalue weighted by molar-refractivity contribution is 7.99. The Labute approximate surface area is 141 Å². The molecule has 0 saturated carbocycles. The minimum atomic E-state index is -0.379. The average Bonchev–Trinajstić information content (AvgIpc) is 3.25. The van der Waals surface area contributed by atoms with Crippen molar-refractivity contribution < 1.29 is 13.6 Å². The average molecular weight is 346 g/mol. The van der Waals surface area contributed by atoms with Crippen LogP contribution in [0, 0.1) is 5.82 Å². The van der Waals surface area contributed by atoms with Crippen molar-refractivity contribution in [2.75, 3.05) is 5.75 Å². The second-order valence-electron chi connectivity index (χ2n) is 5.04. The van der Waals surface area contributed by atoms with Crippen LogP contribution in [0.1, 0.15) is 18.7 Å². The van der Waals surface area contributed by atoms with Crippen molar-refractivity contribution in [2.24, 2.45) is 0 Å². The number of nitrogens with zero attached hydrogens (tertiary/aromatic N) is 2. The topological polar surface area (TPSA) is 83.8 Å². The number of furan rings is 1. The first-order valence-corrected chi connectivity index (χ1v) is 8.25. The number of hydrogen-bond acceptors (Lipinski definition) is 5. The smallest absolute Gasteiger partial charge is 0.231 e. The number of H-pyrrole nitrogens is 1. The van der Waals surface area contributed by atoms with E-state index in [0.29, 0.717) is 22.3 Å². The van der Waals surface area contributed by atoms with Gasteiger partial charge in [0.2, 0.25) is 11.1 Å². The monoisotopic (exact) mass is 346 g/mol. The summed E-state index contributed by atoms with van der Waals surface area (Å²) in [5.41, 5.74) is 0.341. The van der Waals surface area contributed by atoms with Crippen molar-refractivity contribution in [2.45, 2.75) is 18.1 Å². The summed E-state index contributed by atoms with van der Waals surface area (Å²) in [6.07, 6.45) is 1.56. The van der Waals surface area contributed by atoms with Crippen LogP contribution < -0.4 is 5.32 Å². The normalized spacial score (nSPS) is 12.1. The van der Waals surface area contributed by atoms with E-state index in [4.69, 9.17) is 4.42 Å². The van der Waals surface area contributed by atoms with Crippen LogP contribution in [0.5, 0.6) is 0 Å². The van der Waals surface area contributed by atoms with Crippen molar-refractivity contribution in [3.05, 3.63) is 54.2 Å². The number of nitrogens with one attached hydrogen (secondary N) is 2. The van der Waals surface area contributed by atoms with Gasteiger partial charge in [-0.05, 0) is 31.2 Å². The number of aromatic amines is 1. The summed E-state index contributed by atoms with van der Waals surface area (Å²) in [6, 6.07) is 9.65. The van der Waals surface area contributed by atoms with Crippen molar-refractivity contribution in [3.63, 3.8) is 0 Å². The second-order valence-corrected chi connectivity index (χ2v) is 5.98. The summed E-state index contributed by atoms with van der Waals surface area (Å²) in [5.74, 6) is 0.629. The molecule has 0 fully saturated rings. The molecule has 2 heterocycles. The van der Waals surface area contributed by atoms with Gasteiger partial charge in [-0.25, -0.2) is 9.37 Å². The number of carbonyl (C=O) groups is 1. The molecule has 2 N–H and O–H groups in total. The summed E-state index contributed by atoms with van der Waals surface area (Å²) in [6.45, 7) is 1.84. The Kier molecular flexibility index (Phi) is 4.95. The quantitative estimate of drug-likeness (QED) is 0.670. The van der Waals surface area contributed by atoms with Crippen LogP contribution in [0.4, 0.5) is 4.39 Å². The molecule has 0 aliphatic heterocycles. The van der Waals surface area contributed by atoms with Gasteiger partial charge in [0.25, 0.3) is 0 Å². The molecule has 3 rings (SSSR count). The van der Waals surface area contributed by atoms with Gasteiger partial charge >= 0.3 is 0 Å². The van der Waals surface area contributed by atoms with E-state index in [1.165, 1.54) is 17.8 Å². The van der Waals surface area contributed by atoms with E-state index in [0.717, 1.165) is 0 Å².